The van der Waals surface area contributed by atoms with Crippen molar-refractivity contribution in [3.05, 3.63) is 24.5 Å². The molecule has 0 radical (unpaired) electrons. The van der Waals surface area contributed by atoms with Gasteiger partial charge in [-0.2, -0.15) is 0 Å². The van der Waals surface area contributed by atoms with E-state index in [9.17, 15) is 14.4 Å². The van der Waals surface area contributed by atoms with Gasteiger partial charge in [-0.3, -0.25) is 24.3 Å². The van der Waals surface area contributed by atoms with Crippen molar-refractivity contribution < 1.29 is 19.1 Å². The minimum Gasteiger partial charge on any atom is -0.488 e. The van der Waals surface area contributed by atoms with Gasteiger partial charge < -0.3 is 9.64 Å². The minimum absolute atomic E-state index is 0.0833. The van der Waals surface area contributed by atoms with E-state index < -0.39 is 0 Å². The fourth-order valence-corrected chi connectivity index (χ4v) is 2.90. The van der Waals surface area contributed by atoms with Gasteiger partial charge >= 0.3 is 0 Å². The molecule has 2 fully saturated rings. The Kier molecular flexibility index (Phi) is 4.55. The lowest BCUT2D eigenvalue weighted by molar-refractivity contribution is -0.146. The number of aromatic nitrogens is 1. The molecule has 23 heavy (non-hydrogen) atoms. The van der Waals surface area contributed by atoms with E-state index in [1.807, 2.05) is 0 Å². The molecule has 3 rings (SSSR count). The average Bonchev–Trinajstić information content (AvgIpc) is 2.88. The first-order valence-electron chi connectivity index (χ1n) is 7.81. The van der Waals surface area contributed by atoms with Crippen LogP contribution in [-0.2, 0) is 14.4 Å². The summed E-state index contributed by atoms with van der Waals surface area (Å²) in [6.45, 7) is 0.947. The lowest BCUT2D eigenvalue weighted by Crippen LogP contribution is -2.48. The summed E-state index contributed by atoms with van der Waals surface area (Å²) >= 11 is 0. The normalized spacial score (nSPS) is 21.7. The number of hydrogen-bond donors (Lipinski definition) is 0. The number of carbonyl (C=O) groups is 3. The smallest absolute Gasteiger partial charge is 0.242 e. The summed E-state index contributed by atoms with van der Waals surface area (Å²) in [5, 5.41) is 0. The lowest BCUT2D eigenvalue weighted by Gasteiger charge is -2.33. The average molecular weight is 317 g/mol. The summed E-state index contributed by atoms with van der Waals surface area (Å²) in [4.78, 5) is 42.3. The van der Waals surface area contributed by atoms with Gasteiger partial charge in [-0.15, -0.1) is 0 Å². The topological polar surface area (TPSA) is 79.8 Å². The third-order valence-electron chi connectivity index (χ3n) is 4.13. The third kappa shape index (κ3) is 3.67. The molecule has 0 aromatic carbocycles. The van der Waals surface area contributed by atoms with Crippen molar-refractivity contribution >= 4 is 17.7 Å². The zero-order chi connectivity index (χ0) is 16.2. The first kappa shape index (κ1) is 15.5. The molecule has 0 bridgehead atoms. The summed E-state index contributed by atoms with van der Waals surface area (Å²) in [6.07, 6.45) is 5.36. The van der Waals surface area contributed by atoms with Crippen LogP contribution in [0.5, 0.6) is 5.75 Å². The van der Waals surface area contributed by atoms with Crippen LogP contribution in [0.15, 0.2) is 24.5 Å². The SMILES string of the molecule is O=C(CN1C(=O)CCC1=O)N1CCC[C@H](Oc2ccncc2)C1. The molecule has 3 amide bonds. The Hall–Kier alpha value is -2.44. The van der Waals surface area contributed by atoms with Crippen LogP contribution in [0.2, 0.25) is 0 Å². The maximum Gasteiger partial charge on any atom is 0.242 e. The van der Waals surface area contributed by atoms with E-state index in [1.165, 1.54) is 0 Å². The van der Waals surface area contributed by atoms with Crippen molar-refractivity contribution in [3.8, 4) is 5.75 Å². The molecule has 0 aliphatic carbocycles. The Morgan fingerprint density at radius 3 is 2.61 bits per heavy atom. The largest absolute Gasteiger partial charge is 0.488 e. The highest BCUT2D eigenvalue weighted by atomic mass is 16.5. The Balaban J connectivity index is 1.56. The number of pyridine rings is 1. The number of imide groups is 1. The summed E-state index contributed by atoms with van der Waals surface area (Å²) in [7, 11) is 0. The second kappa shape index (κ2) is 6.76. The number of carbonyl (C=O) groups excluding carboxylic acids is 3. The van der Waals surface area contributed by atoms with Crippen molar-refractivity contribution in [1.29, 1.82) is 0 Å². The van der Waals surface area contributed by atoms with Crippen LogP contribution >= 0.6 is 0 Å². The van der Waals surface area contributed by atoms with Gasteiger partial charge in [0.1, 0.15) is 18.4 Å². The molecule has 7 heteroatoms. The maximum absolute atomic E-state index is 12.4. The highest BCUT2D eigenvalue weighted by Gasteiger charge is 2.33. The molecule has 2 aliphatic heterocycles. The molecule has 1 aromatic heterocycles. The number of rotatable bonds is 4. The number of amides is 3. The molecule has 0 N–H and O–H groups in total. The van der Waals surface area contributed by atoms with Gasteiger partial charge in [0.2, 0.25) is 17.7 Å². The molecule has 3 heterocycles. The Labute approximate surface area is 134 Å². The molecule has 0 spiro atoms. The van der Waals surface area contributed by atoms with Crippen LogP contribution in [0.3, 0.4) is 0 Å². The molecule has 1 atom stereocenters. The van der Waals surface area contributed by atoms with E-state index in [0.29, 0.717) is 13.1 Å². The molecule has 7 nitrogen and oxygen atoms in total. The van der Waals surface area contributed by atoms with Crippen LogP contribution in [0.1, 0.15) is 25.7 Å². The van der Waals surface area contributed by atoms with Crippen molar-refractivity contribution in [2.45, 2.75) is 31.8 Å². The number of likely N-dealkylation sites (tertiary alicyclic amines) is 2. The van der Waals surface area contributed by atoms with E-state index in [2.05, 4.69) is 4.98 Å². The van der Waals surface area contributed by atoms with E-state index >= 15 is 0 Å². The summed E-state index contributed by atoms with van der Waals surface area (Å²) in [5.74, 6) is 0.00992. The van der Waals surface area contributed by atoms with Crippen molar-refractivity contribution in [2.75, 3.05) is 19.6 Å². The Morgan fingerprint density at radius 1 is 1.22 bits per heavy atom. The summed E-state index contributed by atoms with van der Waals surface area (Å²) in [5.41, 5.74) is 0. The monoisotopic (exact) mass is 317 g/mol. The zero-order valence-electron chi connectivity index (χ0n) is 12.8. The van der Waals surface area contributed by atoms with E-state index in [0.717, 1.165) is 23.5 Å². The molecule has 0 unspecified atom stereocenters. The third-order valence-corrected chi connectivity index (χ3v) is 4.13. The van der Waals surface area contributed by atoms with E-state index in [4.69, 9.17) is 4.74 Å². The van der Waals surface area contributed by atoms with Gasteiger partial charge in [0.25, 0.3) is 0 Å². The molecule has 0 saturated carbocycles. The van der Waals surface area contributed by atoms with Crippen LogP contribution < -0.4 is 4.74 Å². The van der Waals surface area contributed by atoms with Gasteiger partial charge in [0.15, 0.2) is 0 Å². The molecule has 2 aliphatic rings. The molecular formula is C16H19N3O4. The van der Waals surface area contributed by atoms with Crippen molar-refractivity contribution in [3.63, 3.8) is 0 Å². The van der Waals surface area contributed by atoms with Crippen LogP contribution in [0, 0.1) is 0 Å². The first-order valence-corrected chi connectivity index (χ1v) is 7.81. The highest BCUT2D eigenvalue weighted by molar-refractivity contribution is 6.04. The predicted octanol–water partition coefficient (Wildman–Crippen LogP) is 0.600. The van der Waals surface area contributed by atoms with E-state index in [1.54, 1.807) is 29.4 Å². The first-order chi connectivity index (χ1) is 11.1. The second-order valence-corrected chi connectivity index (χ2v) is 5.78. The Morgan fingerprint density at radius 2 is 1.91 bits per heavy atom. The predicted molar refractivity (Wildman–Crippen MR) is 80.4 cm³/mol. The summed E-state index contributed by atoms with van der Waals surface area (Å²) < 4.78 is 5.87. The maximum atomic E-state index is 12.4. The van der Waals surface area contributed by atoms with Gasteiger partial charge in [-0.25, -0.2) is 0 Å². The lowest BCUT2D eigenvalue weighted by atomic mass is 10.1. The van der Waals surface area contributed by atoms with E-state index in [-0.39, 0.29) is 43.2 Å². The fraction of sp³-hybridized carbons (Fsp3) is 0.500. The van der Waals surface area contributed by atoms with Crippen molar-refractivity contribution in [1.82, 2.24) is 14.8 Å². The van der Waals surface area contributed by atoms with Gasteiger partial charge in [0, 0.05) is 31.8 Å². The van der Waals surface area contributed by atoms with Gasteiger partial charge in [-0.1, -0.05) is 0 Å². The summed E-state index contributed by atoms with van der Waals surface area (Å²) in [6, 6.07) is 3.56. The number of nitrogens with zero attached hydrogens (tertiary/aromatic N) is 3. The van der Waals surface area contributed by atoms with Crippen molar-refractivity contribution in [2.24, 2.45) is 0 Å². The standard InChI is InChI=1S/C16H19N3O4/c20-14-3-4-15(21)19(14)11-16(22)18-9-1-2-13(10-18)23-12-5-7-17-8-6-12/h5-8,13H,1-4,9-11H2/t13-/m0/s1. The molecule has 122 valence electrons. The molecular weight excluding hydrogens is 298 g/mol. The molecule has 2 saturated heterocycles. The highest BCUT2D eigenvalue weighted by Crippen LogP contribution is 2.19. The van der Waals surface area contributed by atoms with Crippen LogP contribution in [-0.4, -0.2) is 58.2 Å². The van der Waals surface area contributed by atoms with Crippen LogP contribution in [0.4, 0.5) is 0 Å². The quantitative estimate of drug-likeness (QED) is 0.760. The Bertz CT molecular complexity index is 589. The fourth-order valence-electron chi connectivity index (χ4n) is 2.90. The minimum atomic E-state index is -0.259. The second-order valence-electron chi connectivity index (χ2n) is 5.78. The van der Waals surface area contributed by atoms with Crippen LogP contribution in [0.25, 0.3) is 0 Å². The number of hydrogen-bond acceptors (Lipinski definition) is 5. The number of ether oxygens (including phenoxy) is 1. The molecule has 1 aromatic rings. The number of piperidine rings is 1. The van der Waals surface area contributed by atoms with Gasteiger partial charge in [0.05, 0.1) is 6.54 Å². The zero-order valence-corrected chi connectivity index (χ0v) is 12.8. The van der Waals surface area contributed by atoms with Gasteiger partial charge in [-0.05, 0) is 25.0 Å².